The number of hydrogen-bond donors (Lipinski definition) is 1. The summed E-state index contributed by atoms with van der Waals surface area (Å²) in [5.74, 6) is -0.128. The molecule has 0 bridgehead atoms. The lowest BCUT2D eigenvalue weighted by Crippen LogP contribution is -2.55. The first-order valence-electron chi connectivity index (χ1n) is 16.9. The van der Waals surface area contributed by atoms with Crippen molar-refractivity contribution in [3.8, 4) is 5.75 Å². The predicted molar refractivity (Wildman–Crippen MR) is 196 cm³/mol. The van der Waals surface area contributed by atoms with E-state index in [9.17, 15) is 18.0 Å². The molecule has 4 aromatic rings. The molecule has 0 aromatic heterocycles. The van der Waals surface area contributed by atoms with E-state index in [4.69, 9.17) is 4.74 Å². The molecule has 1 aliphatic rings. The quantitative estimate of drug-likeness (QED) is 0.133. The highest BCUT2D eigenvalue weighted by Gasteiger charge is 2.35. The van der Waals surface area contributed by atoms with Crippen molar-refractivity contribution in [2.75, 3.05) is 23.7 Å². The molecule has 2 amide bonds. The van der Waals surface area contributed by atoms with Gasteiger partial charge in [0.25, 0.3) is 10.0 Å². The van der Waals surface area contributed by atoms with Crippen LogP contribution in [0, 0.1) is 0 Å². The van der Waals surface area contributed by atoms with E-state index in [-0.39, 0.29) is 29.8 Å². The molecule has 1 aliphatic carbocycles. The summed E-state index contributed by atoms with van der Waals surface area (Å²) in [4.78, 5) is 31.5. The molecule has 4 aromatic carbocycles. The fraction of sp³-hybridized carbons (Fsp3) is 0.333. The zero-order valence-electron chi connectivity index (χ0n) is 28.2. The van der Waals surface area contributed by atoms with Gasteiger partial charge in [0.2, 0.25) is 11.8 Å². The van der Waals surface area contributed by atoms with E-state index in [0.717, 1.165) is 52.4 Å². The zero-order chi connectivity index (χ0) is 34.6. The molecule has 5 rings (SSSR count). The highest BCUT2D eigenvalue weighted by Crippen LogP contribution is 2.28. The number of ether oxygens (including phenoxy) is 1. The number of rotatable bonds is 15. The van der Waals surface area contributed by atoms with Crippen LogP contribution in [0.15, 0.2) is 119 Å². The summed E-state index contributed by atoms with van der Waals surface area (Å²) >= 11 is 1.51. The van der Waals surface area contributed by atoms with Gasteiger partial charge in [0, 0.05) is 23.9 Å². The number of benzene rings is 4. The van der Waals surface area contributed by atoms with Gasteiger partial charge in [-0.1, -0.05) is 79.9 Å². The number of hydrogen-bond acceptors (Lipinski definition) is 6. The highest BCUT2D eigenvalue weighted by atomic mass is 32.2. The third-order valence-corrected chi connectivity index (χ3v) is 11.3. The third-order valence-electron chi connectivity index (χ3n) is 8.78. The van der Waals surface area contributed by atoms with E-state index in [1.54, 1.807) is 53.4 Å². The average Bonchev–Trinajstić information content (AvgIpc) is 3.13. The summed E-state index contributed by atoms with van der Waals surface area (Å²) in [5.41, 5.74) is 2.06. The van der Waals surface area contributed by atoms with Crippen molar-refractivity contribution in [1.29, 1.82) is 0 Å². The van der Waals surface area contributed by atoms with Gasteiger partial charge < -0.3 is 15.0 Å². The topological polar surface area (TPSA) is 96.0 Å². The summed E-state index contributed by atoms with van der Waals surface area (Å²) in [6.07, 6.45) is 7.25. The van der Waals surface area contributed by atoms with Crippen LogP contribution in [-0.2, 0) is 32.6 Å². The Hall–Kier alpha value is -4.28. The summed E-state index contributed by atoms with van der Waals surface area (Å²) in [5, 5.41) is 3.25. The van der Waals surface area contributed by atoms with E-state index in [1.165, 1.54) is 11.8 Å². The normalized spacial score (nSPS) is 14.1. The minimum Gasteiger partial charge on any atom is -0.494 e. The second kappa shape index (κ2) is 17.4. The number of nitrogens with zero attached hydrogens (tertiary/aromatic N) is 2. The molecular weight excluding hydrogens is 655 g/mol. The molecule has 0 radical (unpaired) electrons. The van der Waals surface area contributed by atoms with E-state index in [0.29, 0.717) is 18.0 Å². The van der Waals surface area contributed by atoms with Crippen LogP contribution in [0.25, 0.3) is 0 Å². The summed E-state index contributed by atoms with van der Waals surface area (Å²) in [6.45, 7) is 1.96. The van der Waals surface area contributed by atoms with Gasteiger partial charge >= 0.3 is 0 Å². The van der Waals surface area contributed by atoms with Crippen LogP contribution >= 0.6 is 11.8 Å². The van der Waals surface area contributed by atoms with Gasteiger partial charge in [-0.3, -0.25) is 13.9 Å². The molecule has 0 spiro atoms. The zero-order valence-corrected chi connectivity index (χ0v) is 29.8. The van der Waals surface area contributed by atoms with E-state index >= 15 is 0 Å². The van der Waals surface area contributed by atoms with Crippen molar-refractivity contribution in [2.45, 2.75) is 73.9 Å². The number of carbonyl (C=O) groups is 2. The monoisotopic (exact) mass is 699 g/mol. The Kier molecular flexibility index (Phi) is 12.8. The molecule has 0 heterocycles. The van der Waals surface area contributed by atoms with Crippen molar-refractivity contribution in [3.63, 3.8) is 0 Å². The van der Waals surface area contributed by atoms with E-state index < -0.39 is 28.5 Å². The van der Waals surface area contributed by atoms with Crippen molar-refractivity contribution in [3.05, 3.63) is 120 Å². The Morgan fingerprint density at radius 1 is 0.837 bits per heavy atom. The Balaban J connectivity index is 1.55. The first kappa shape index (κ1) is 36.0. The number of nitrogens with one attached hydrogen (secondary N) is 1. The molecule has 1 saturated carbocycles. The molecule has 258 valence electrons. The van der Waals surface area contributed by atoms with Crippen molar-refractivity contribution in [1.82, 2.24) is 10.2 Å². The summed E-state index contributed by atoms with van der Waals surface area (Å²) in [6, 6.07) is 31.6. The summed E-state index contributed by atoms with van der Waals surface area (Å²) < 4.78 is 35.5. The maximum atomic E-state index is 14.7. The molecule has 1 unspecified atom stereocenters. The predicted octanol–water partition coefficient (Wildman–Crippen LogP) is 7.09. The van der Waals surface area contributed by atoms with Crippen LogP contribution in [0.3, 0.4) is 0 Å². The lowest BCUT2D eigenvalue weighted by Gasteiger charge is -2.35. The lowest BCUT2D eigenvalue weighted by atomic mass is 9.94. The van der Waals surface area contributed by atoms with Crippen molar-refractivity contribution in [2.24, 2.45) is 0 Å². The minimum atomic E-state index is -4.20. The van der Waals surface area contributed by atoms with Crippen LogP contribution in [0.5, 0.6) is 5.75 Å². The summed E-state index contributed by atoms with van der Waals surface area (Å²) in [7, 11) is -4.20. The Labute approximate surface area is 294 Å². The maximum absolute atomic E-state index is 14.7. The van der Waals surface area contributed by atoms with Gasteiger partial charge in [0.1, 0.15) is 18.3 Å². The van der Waals surface area contributed by atoms with Gasteiger partial charge in [-0.2, -0.15) is 0 Å². The first-order chi connectivity index (χ1) is 23.8. The molecule has 10 heteroatoms. The fourth-order valence-corrected chi connectivity index (χ4v) is 7.98. The maximum Gasteiger partial charge on any atom is 0.264 e. The van der Waals surface area contributed by atoms with Gasteiger partial charge in [0.15, 0.2) is 0 Å². The van der Waals surface area contributed by atoms with Crippen LogP contribution < -0.4 is 14.4 Å². The second-order valence-electron chi connectivity index (χ2n) is 12.2. The molecule has 0 saturated heterocycles. The fourth-order valence-electron chi connectivity index (χ4n) is 6.16. The van der Waals surface area contributed by atoms with Crippen molar-refractivity contribution >= 4 is 39.3 Å². The molecule has 49 heavy (non-hydrogen) atoms. The molecule has 0 aliphatic heterocycles. The largest absolute Gasteiger partial charge is 0.494 e. The van der Waals surface area contributed by atoms with Gasteiger partial charge in [-0.25, -0.2) is 8.42 Å². The van der Waals surface area contributed by atoms with Crippen LogP contribution in [0.2, 0.25) is 0 Å². The van der Waals surface area contributed by atoms with Crippen LogP contribution in [0.4, 0.5) is 5.69 Å². The number of sulfonamides is 1. The number of carbonyl (C=O) groups excluding carboxylic acids is 2. The van der Waals surface area contributed by atoms with Gasteiger partial charge in [0.05, 0.1) is 17.2 Å². The molecule has 1 atom stereocenters. The SMILES string of the molecule is CCOc1ccc(N(CC(=O)N(Cc2ccccc2)C(Cc2ccccc2)C(=O)NC2CCCCC2)S(=O)(=O)c2ccc(SC)cc2)cc1. The number of thioether (sulfide) groups is 1. The van der Waals surface area contributed by atoms with Crippen LogP contribution in [-0.4, -0.2) is 56.6 Å². The second-order valence-corrected chi connectivity index (χ2v) is 14.9. The highest BCUT2D eigenvalue weighted by molar-refractivity contribution is 7.98. The first-order valence-corrected chi connectivity index (χ1v) is 19.5. The smallest absolute Gasteiger partial charge is 0.264 e. The molecular formula is C39H45N3O5S2. The molecule has 1 fully saturated rings. The van der Waals surface area contributed by atoms with Gasteiger partial charge in [-0.05, 0) is 85.7 Å². The van der Waals surface area contributed by atoms with Gasteiger partial charge in [-0.15, -0.1) is 11.8 Å². The minimum absolute atomic E-state index is 0.0400. The number of amides is 2. The standard InChI is InChI=1S/C39H45N3O5S2/c1-3-47-34-21-19-33(20-22-34)42(49(45,46)36-25-23-35(48-2)24-26-36)29-38(43)41(28-31-15-9-5-10-16-31)37(27-30-13-7-4-8-14-30)39(44)40-32-17-11-6-12-18-32/h4-5,7-10,13-16,19-26,32,37H,3,6,11-12,17-18,27-29H2,1-2H3,(H,40,44). The van der Waals surface area contributed by atoms with Crippen LogP contribution in [0.1, 0.15) is 50.2 Å². The Morgan fingerprint density at radius 2 is 1.45 bits per heavy atom. The van der Waals surface area contributed by atoms with E-state index in [2.05, 4.69) is 5.32 Å². The molecule has 1 N–H and O–H groups in total. The van der Waals surface area contributed by atoms with E-state index in [1.807, 2.05) is 73.8 Å². The van der Waals surface area contributed by atoms with Crippen molar-refractivity contribution < 1.29 is 22.7 Å². The Morgan fingerprint density at radius 3 is 2.04 bits per heavy atom. The lowest BCUT2D eigenvalue weighted by molar-refractivity contribution is -0.140. The molecule has 8 nitrogen and oxygen atoms in total. The Bertz CT molecular complexity index is 1750. The average molecular weight is 700 g/mol. The third kappa shape index (κ3) is 9.67. The number of anilines is 1.